The van der Waals surface area contributed by atoms with Gasteiger partial charge in [-0.3, -0.25) is 0 Å². The van der Waals surface area contributed by atoms with E-state index in [1.165, 1.54) is 18.4 Å². The number of piperazine rings is 1. The van der Waals surface area contributed by atoms with Crippen molar-refractivity contribution in [2.45, 2.75) is 13.8 Å². The number of hydrogen-bond donors (Lipinski definition) is 0. The fraction of sp³-hybridized carbons (Fsp3) is 0.533. The number of ether oxygens (including phenoxy) is 1. The molecule has 23 heavy (non-hydrogen) atoms. The van der Waals surface area contributed by atoms with Crippen molar-refractivity contribution >= 4 is 44.9 Å². The quantitative estimate of drug-likeness (QED) is 0.623. The lowest BCUT2D eigenvalue weighted by molar-refractivity contribution is 0.0605. The molecule has 1 aliphatic rings. The van der Waals surface area contributed by atoms with Crippen LogP contribution in [-0.2, 0) is 4.74 Å². The van der Waals surface area contributed by atoms with Crippen LogP contribution in [0.2, 0.25) is 5.28 Å². The van der Waals surface area contributed by atoms with Crippen molar-refractivity contribution in [3.05, 3.63) is 15.7 Å². The molecule has 6 nitrogen and oxygen atoms in total. The topological polar surface area (TPSA) is 58.6 Å². The molecule has 1 saturated heterocycles. The zero-order chi connectivity index (χ0) is 16.6. The highest BCUT2D eigenvalue weighted by Crippen LogP contribution is 2.36. The van der Waals surface area contributed by atoms with Gasteiger partial charge in [0, 0.05) is 26.2 Å². The monoisotopic (exact) mass is 354 g/mol. The van der Waals surface area contributed by atoms with Gasteiger partial charge in [-0.25, -0.2) is 9.78 Å². The molecule has 2 aromatic rings. The Labute approximate surface area is 144 Å². The molecule has 0 radical (unpaired) electrons. The van der Waals surface area contributed by atoms with Gasteiger partial charge in [-0.1, -0.05) is 6.92 Å². The van der Waals surface area contributed by atoms with Crippen molar-refractivity contribution in [2.75, 3.05) is 44.7 Å². The number of anilines is 1. The number of methoxy groups -OCH3 is 1. The third-order valence-corrected chi connectivity index (χ3v) is 5.57. The molecular formula is C15H19ClN4O2S. The summed E-state index contributed by atoms with van der Waals surface area (Å²) < 4.78 is 4.86. The number of carbonyl (C=O) groups excluding carboxylic acids is 1. The molecule has 0 atom stereocenters. The maximum absolute atomic E-state index is 11.9. The Hall–Kier alpha value is -1.44. The minimum atomic E-state index is -0.344. The van der Waals surface area contributed by atoms with Crippen molar-refractivity contribution < 1.29 is 9.53 Å². The van der Waals surface area contributed by atoms with Gasteiger partial charge in [0.2, 0.25) is 5.28 Å². The number of nitrogens with zero attached hydrogens (tertiary/aromatic N) is 4. The van der Waals surface area contributed by atoms with E-state index in [0.717, 1.165) is 54.3 Å². The Bertz CT molecular complexity index is 741. The Morgan fingerprint density at radius 1 is 1.30 bits per heavy atom. The van der Waals surface area contributed by atoms with E-state index in [1.807, 2.05) is 6.92 Å². The molecule has 0 amide bonds. The lowest BCUT2D eigenvalue weighted by Crippen LogP contribution is -2.46. The van der Waals surface area contributed by atoms with Gasteiger partial charge in [-0.15, -0.1) is 11.3 Å². The summed E-state index contributed by atoms with van der Waals surface area (Å²) in [5, 5.41) is 1.12. The second-order valence-electron chi connectivity index (χ2n) is 5.47. The van der Waals surface area contributed by atoms with Crippen LogP contribution in [0, 0.1) is 6.92 Å². The second kappa shape index (κ2) is 6.59. The summed E-state index contributed by atoms with van der Waals surface area (Å²) in [6, 6.07) is 0. The van der Waals surface area contributed by atoms with Crippen LogP contribution in [0.1, 0.15) is 22.2 Å². The summed E-state index contributed by atoms with van der Waals surface area (Å²) in [4.78, 5) is 26.6. The highest BCUT2D eigenvalue weighted by molar-refractivity contribution is 7.20. The lowest BCUT2D eigenvalue weighted by atomic mass is 10.2. The zero-order valence-corrected chi connectivity index (χ0v) is 15.0. The number of rotatable bonds is 3. The molecule has 0 spiro atoms. The Morgan fingerprint density at radius 2 is 2.00 bits per heavy atom. The maximum Gasteiger partial charge on any atom is 0.348 e. The SMILES string of the molecule is CCN1CCN(c2nc(Cl)nc3sc(C(=O)OC)c(C)c23)CC1. The van der Waals surface area contributed by atoms with Crippen molar-refractivity contribution in [1.82, 2.24) is 14.9 Å². The minimum Gasteiger partial charge on any atom is -0.465 e. The summed E-state index contributed by atoms with van der Waals surface area (Å²) >= 11 is 7.41. The number of carbonyl (C=O) groups is 1. The fourth-order valence-corrected chi connectivity index (χ4v) is 4.19. The number of aryl methyl sites for hydroxylation is 1. The number of thiophene rings is 1. The molecule has 124 valence electrons. The molecular weight excluding hydrogens is 336 g/mol. The molecule has 0 saturated carbocycles. The molecule has 8 heteroatoms. The largest absolute Gasteiger partial charge is 0.465 e. The second-order valence-corrected chi connectivity index (χ2v) is 6.80. The number of likely N-dealkylation sites (N-methyl/N-ethyl adjacent to an activating group) is 1. The summed E-state index contributed by atoms with van der Waals surface area (Å²) in [5.41, 5.74) is 0.862. The van der Waals surface area contributed by atoms with E-state index in [-0.39, 0.29) is 11.3 Å². The third-order valence-electron chi connectivity index (χ3n) is 4.23. The van der Waals surface area contributed by atoms with Crippen molar-refractivity contribution in [1.29, 1.82) is 0 Å². The molecule has 1 aliphatic heterocycles. The summed E-state index contributed by atoms with van der Waals surface area (Å²) in [5.74, 6) is 0.475. The highest BCUT2D eigenvalue weighted by Gasteiger charge is 2.25. The van der Waals surface area contributed by atoms with Crippen LogP contribution < -0.4 is 4.90 Å². The average Bonchev–Trinajstić information content (AvgIpc) is 2.90. The molecule has 0 unspecified atom stereocenters. The summed E-state index contributed by atoms with van der Waals surface area (Å²) in [7, 11) is 1.38. The van der Waals surface area contributed by atoms with E-state index < -0.39 is 0 Å². The van der Waals surface area contributed by atoms with E-state index in [9.17, 15) is 4.79 Å². The Balaban J connectivity index is 2.06. The van der Waals surface area contributed by atoms with Gasteiger partial charge in [0.05, 0.1) is 12.5 Å². The molecule has 3 rings (SSSR count). The number of esters is 1. The van der Waals surface area contributed by atoms with Gasteiger partial charge in [0.15, 0.2) is 0 Å². The van der Waals surface area contributed by atoms with E-state index in [4.69, 9.17) is 16.3 Å². The van der Waals surface area contributed by atoms with Crippen LogP contribution in [0.3, 0.4) is 0 Å². The minimum absolute atomic E-state index is 0.211. The van der Waals surface area contributed by atoms with Gasteiger partial charge in [0.25, 0.3) is 0 Å². The third kappa shape index (κ3) is 3.00. The number of halogens is 1. The van der Waals surface area contributed by atoms with Crippen LogP contribution in [0.15, 0.2) is 0 Å². The van der Waals surface area contributed by atoms with Crippen molar-refractivity contribution in [2.24, 2.45) is 0 Å². The van der Waals surface area contributed by atoms with Crippen LogP contribution in [0.5, 0.6) is 0 Å². The predicted octanol–water partition coefficient (Wildman–Crippen LogP) is 2.58. The average molecular weight is 355 g/mol. The van der Waals surface area contributed by atoms with Crippen LogP contribution in [-0.4, -0.2) is 60.7 Å². The van der Waals surface area contributed by atoms with Crippen LogP contribution in [0.4, 0.5) is 5.82 Å². The smallest absolute Gasteiger partial charge is 0.348 e. The fourth-order valence-electron chi connectivity index (χ4n) is 2.88. The van der Waals surface area contributed by atoms with E-state index in [0.29, 0.717) is 4.88 Å². The molecule has 2 aromatic heterocycles. The summed E-state index contributed by atoms with van der Waals surface area (Å²) in [6.45, 7) is 8.89. The van der Waals surface area contributed by atoms with Gasteiger partial charge in [-0.2, -0.15) is 4.98 Å². The first-order valence-electron chi connectivity index (χ1n) is 7.57. The van der Waals surface area contributed by atoms with Gasteiger partial charge >= 0.3 is 5.97 Å². The first-order chi connectivity index (χ1) is 11.0. The van der Waals surface area contributed by atoms with Gasteiger partial charge in [0.1, 0.15) is 15.5 Å². The first-order valence-corrected chi connectivity index (χ1v) is 8.76. The molecule has 3 heterocycles. The van der Waals surface area contributed by atoms with Crippen molar-refractivity contribution in [3.63, 3.8) is 0 Å². The van der Waals surface area contributed by atoms with Crippen LogP contribution in [0.25, 0.3) is 10.2 Å². The molecule has 0 bridgehead atoms. The first kappa shape index (κ1) is 16.4. The lowest BCUT2D eigenvalue weighted by Gasteiger charge is -2.35. The molecule has 1 fully saturated rings. The maximum atomic E-state index is 11.9. The normalized spacial score (nSPS) is 16.1. The number of fused-ring (bicyclic) bond motifs is 1. The van der Waals surface area contributed by atoms with E-state index >= 15 is 0 Å². The highest BCUT2D eigenvalue weighted by atomic mass is 35.5. The van der Waals surface area contributed by atoms with Gasteiger partial charge in [-0.05, 0) is 30.6 Å². The predicted molar refractivity (Wildman–Crippen MR) is 92.8 cm³/mol. The van der Waals surface area contributed by atoms with Crippen molar-refractivity contribution in [3.8, 4) is 0 Å². The molecule has 0 N–H and O–H groups in total. The molecule has 0 aromatic carbocycles. The Morgan fingerprint density at radius 3 is 2.61 bits per heavy atom. The van der Waals surface area contributed by atoms with E-state index in [2.05, 4.69) is 26.7 Å². The van der Waals surface area contributed by atoms with E-state index in [1.54, 1.807) is 0 Å². The summed E-state index contributed by atoms with van der Waals surface area (Å²) in [6.07, 6.45) is 0. The van der Waals surface area contributed by atoms with Crippen LogP contribution >= 0.6 is 22.9 Å². The number of aromatic nitrogens is 2. The Kier molecular flexibility index (Phi) is 4.70. The van der Waals surface area contributed by atoms with Gasteiger partial charge < -0.3 is 14.5 Å². The zero-order valence-electron chi connectivity index (χ0n) is 13.4. The molecule has 0 aliphatic carbocycles. The number of hydrogen-bond acceptors (Lipinski definition) is 7. The standard InChI is InChI=1S/C15H19ClN4O2S/c1-4-19-5-7-20(8-6-19)12-10-9(2)11(14(21)22-3)23-13(10)18-15(16)17-12/h4-8H2,1-3H3.